The molecule has 158 valence electrons. The molecule has 0 aliphatic carbocycles. The third kappa shape index (κ3) is 5.84. The second-order valence-corrected chi connectivity index (χ2v) is 8.32. The third-order valence-corrected chi connectivity index (χ3v) is 5.14. The maximum absolute atomic E-state index is 13.0. The number of amides is 2. The summed E-state index contributed by atoms with van der Waals surface area (Å²) in [4.78, 5) is 31.6. The highest BCUT2D eigenvalue weighted by Crippen LogP contribution is 2.17. The highest BCUT2D eigenvalue weighted by atomic mass is 35.5. The van der Waals surface area contributed by atoms with Gasteiger partial charge >= 0.3 is 6.03 Å². The molecule has 0 aliphatic heterocycles. The van der Waals surface area contributed by atoms with Gasteiger partial charge in [0.25, 0.3) is 5.56 Å². The number of carbonyl (C=O) groups is 1. The quantitative estimate of drug-likeness (QED) is 0.542. The number of H-pyrrole nitrogens is 1. The van der Waals surface area contributed by atoms with Gasteiger partial charge in [-0.3, -0.25) is 4.79 Å². The van der Waals surface area contributed by atoms with Crippen LogP contribution in [-0.2, 0) is 6.54 Å². The van der Waals surface area contributed by atoms with E-state index in [9.17, 15) is 9.59 Å². The summed E-state index contributed by atoms with van der Waals surface area (Å²) in [5.74, 6) is 0. The van der Waals surface area contributed by atoms with Gasteiger partial charge in [-0.1, -0.05) is 29.8 Å². The van der Waals surface area contributed by atoms with Crippen molar-refractivity contribution >= 4 is 34.2 Å². The number of carbonyl (C=O) groups excluding carboxylic acids is 1. The summed E-state index contributed by atoms with van der Waals surface area (Å²) >= 11 is 6.03. The zero-order chi connectivity index (χ0) is 21.7. The van der Waals surface area contributed by atoms with Gasteiger partial charge < -0.3 is 20.1 Å². The first-order chi connectivity index (χ1) is 14.3. The second kappa shape index (κ2) is 9.78. The van der Waals surface area contributed by atoms with Gasteiger partial charge in [-0.2, -0.15) is 0 Å². The fraction of sp³-hybridized carbons (Fsp3) is 0.304. The Kier molecular flexibility index (Phi) is 7.13. The molecule has 3 N–H and O–H groups in total. The van der Waals surface area contributed by atoms with E-state index in [0.717, 1.165) is 29.4 Å². The van der Waals surface area contributed by atoms with E-state index in [2.05, 4.69) is 24.4 Å². The van der Waals surface area contributed by atoms with E-state index in [1.807, 2.05) is 31.2 Å². The van der Waals surface area contributed by atoms with Crippen LogP contribution in [0.25, 0.3) is 10.9 Å². The van der Waals surface area contributed by atoms with Gasteiger partial charge in [-0.15, -0.1) is 0 Å². The number of halogens is 1. The molecule has 1 aromatic heterocycles. The predicted molar refractivity (Wildman–Crippen MR) is 122 cm³/mol. The Balaban J connectivity index is 1.83. The minimum absolute atomic E-state index is 0.174. The lowest BCUT2D eigenvalue weighted by atomic mass is 10.1. The maximum atomic E-state index is 13.0. The summed E-state index contributed by atoms with van der Waals surface area (Å²) in [6, 6.07) is 14.6. The van der Waals surface area contributed by atoms with Crippen molar-refractivity contribution in [3.8, 4) is 0 Å². The molecule has 0 fully saturated rings. The first kappa shape index (κ1) is 21.9. The number of hydrogen-bond acceptors (Lipinski definition) is 2. The molecule has 30 heavy (non-hydrogen) atoms. The number of nitrogens with zero attached hydrogens (tertiary/aromatic N) is 1. The molecule has 3 rings (SSSR count). The number of hydrogen-bond donors (Lipinski definition) is 3. The van der Waals surface area contributed by atoms with Crippen LogP contribution in [-0.4, -0.2) is 43.1 Å². The molecule has 1 heterocycles. The number of pyridine rings is 1. The van der Waals surface area contributed by atoms with Crippen molar-refractivity contribution in [2.45, 2.75) is 19.9 Å². The van der Waals surface area contributed by atoms with E-state index in [1.165, 1.54) is 4.90 Å². The first-order valence-corrected chi connectivity index (χ1v) is 10.4. The minimum atomic E-state index is -0.255. The highest BCUT2D eigenvalue weighted by Gasteiger charge is 2.17. The van der Waals surface area contributed by atoms with Crippen molar-refractivity contribution in [1.29, 1.82) is 0 Å². The molecule has 6 nitrogen and oxygen atoms in total. The number of quaternary nitrogens is 1. The fourth-order valence-corrected chi connectivity index (χ4v) is 3.52. The van der Waals surface area contributed by atoms with Crippen molar-refractivity contribution in [2.75, 3.05) is 32.5 Å². The number of fused-ring (bicyclic) bond motifs is 1. The number of aryl methyl sites for hydroxylation is 1. The van der Waals surface area contributed by atoms with Crippen LogP contribution in [0.1, 0.15) is 17.5 Å². The Bertz CT molecular complexity index is 1090. The second-order valence-electron chi connectivity index (χ2n) is 7.89. The Morgan fingerprint density at radius 3 is 2.70 bits per heavy atom. The average molecular weight is 428 g/mol. The third-order valence-electron chi connectivity index (χ3n) is 4.91. The van der Waals surface area contributed by atoms with E-state index in [-0.39, 0.29) is 18.1 Å². The number of aromatic nitrogens is 1. The van der Waals surface area contributed by atoms with Crippen molar-refractivity contribution < 1.29 is 9.69 Å². The molecule has 3 aromatic rings. The lowest BCUT2D eigenvalue weighted by molar-refractivity contribution is -0.858. The summed E-state index contributed by atoms with van der Waals surface area (Å²) in [6.45, 7) is 3.69. The highest BCUT2D eigenvalue weighted by molar-refractivity contribution is 6.30. The van der Waals surface area contributed by atoms with E-state index < -0.39 is 0 Å². The van der Waals surface area contributed by atoms with Gasteiger partial charge in [0, 0.05) is 34.8 Å². The Hall–Kier alpha value is -2.83. The zero-order valence-corrected chi connectivity index (χ0v) is 18.3. The smallest absolute Gasteiger partial charge is 0.322 e. The van der Waals surface area contributed by atoms with Gasteiger partial charge in [0.1, 0.15) is 0 Å². The normalized spacial score (nSPS) is 11.1. The summed E-state index contributed by atoms with van der Waals surface area (Å²) < 4.78 is 0. The maximum Gasteiger partial charge on any atom is 0.322 e. The van der Waals surface area contributed by atoms with Crippen LogP contribution >= 0.6 is 11.6 Å². The molecule has 7 heteroatoms. The largest absolute Gasteiger partial charge is 0.340 e. The fourth-order valence-electron chi connectivity index (χ4n) is 3.33. The van der Waals surface area contributed by atoms with E-state index in [4.69, 9.17) is 11.6 Å². The summed E-state index contributed by atoms with van der Waals surface area (Å²) in [6.07, 6.45) is 0.829. The number of nitrogens with one attached hydrogen (secondary N) is 3. The lowest BCUT2D eigenvalue weighted by Gasteiger charge is -2.23. The SMILES string of the molecule is Cc1ccc2cc(CN(CCC[NH+](C)C)C(=O)Nc3cccc(Cl)c3)c(=O)[nH]c2c1. The number of urea groups is 1. The van der Waals surface area contributed by atoms with Gasteiger partial charge in [-0.25, -0.2) is 4.79 Å². The molecule has 0 bridgehead atoms. The van der Waals surface area contributed by atoms with Crippen LogP contribution in [0.3, 0.4) is 0 Å². The first-order valence-electron chi connectivity index (χ1n) is 10.0. The Morgan fingerprint density at radius 2 is 1.97 bits per heavy atom. The Morgan fingerprint density at radius 1 is 1.17 bits per heavy atom. The van der Waals surface area contributed by atoms with Crippen molar-refractivity contribution in [3.63, 3.8) is 0 Å². The van der Waals surface area contributed by atoms with Crippen molar-refractivity contribution in [3.05, 3.63) is 75.0 Å². The van der Waals surface area contributed by atoms with E-state index >= 15 is 0 Å². The summed E-state index contributed by atoms with van der Waals surface area (Å²) in [7, 11) is 4.15. The van der Waals surface area contributed by atoms with Crippen LogP contribution in [0.15, 0.2) is 53.3 Å². The molecule has 0 spiro atoms. The van der Waals surface area contributed by atoms with E-state index in [1.54, 1.807) is 29.2 Å². The lowest BCUT2D eigenvalue weighted by Crippen LogP contribution is -3.05. The summed E-state index contributed by atoms with van der Waals surface area (Å²) in [5, 5.41) is 4.39. The molecule has 0 radical (unpaired) electrons. The van der Waals surface area contributed by atoms with E-state index in [0.29, 0.717) is 22.8 Å². The monoisotopic (exact) mass is 427 g/mol. The molecule has 0 atom stereocenters. The molecule has 2 amide bonds. The van der Waals surface area contributed by atoms with Crippen LogP contribution in [0.2, 0.25) is 5.02 Å². The van der Waals surface area contributed by atoms with Crippen molar-refractivity contribution in [1.82, 2.24) is 9.88 Å². The Labute approximate surface area is 181 Å². The number of aromatic amines is 1. The molecular formula is C23H28ClN4O2+. The molecule has 0 aliphatic rings. The van der Waals surface area contributed by atoms with Gasteiger partial charge in [-0.05, 0) is 48.2 Å². The zero-order valence-electron chi connectivity index (χ0n) is 17.6. The molecule has 0 saturated heterocycles. The van der Waals surface area contributed by atoms with Crippen LogP contribution in [0, 0.1) is 6.92 Å². The van der Waals surface area contributed by atoms with Gasteiger partial charge in [0.2, 0.25) is 0 Å². The van der Waals surface area contributed by atoms with Gasteiger partial charge in [0.15, 0.2) is 0 Å². The number of rotatable bonds is 7. The molecule has 0 unspecified atom stereocenters. The van der Waals surface area contributed by atoms with Crippen molar-refractivity contribution in [2.24, 2.45) is 0 Å². The van der Waals surface area contributed by atoms with Crippen LogP contribution in [0.5, 0.6) is 0 Å². The van der Waals surface area contributed by atoms with Crippen LogP contribution < -0.4 is 15.8 Å². The number of anilines is 1. The molecule has 0 saturated carbocycles. The summed E-state index contributed by atoms with van der Waals surface area (Å²) in [5.41, 5.74) is 2.89. The molecular weight excluding hydrogens is 400 g/mol. The topological polar surface area (TPSA) is 69.6 Å². The van der Waals surface area contributed by atoms with Gasteiger partial charge in [0.05, 0.1) is 27.2 Å². The average Bonchev–Trinajstić information content (AvgIpc) is 2.67. The predicted octanol–water partition coefficient (Wildman–Crippen LogP) is 3.06. The number of benzene rings is 2. The molecule has 2 aromatic carbocycles. The van der Waals surface area contributed by atoms with Crippen LogP contribution in [0.4, 0.5) is 10.5 Å². The standard InChI is InChI=1S/C23H27ClN4O2/c1-16-8-9-17-13-18(22(29)26-21(17)12-16)15-28(11-5-10-27(2)3)23(30)25-20-7-4-6-19(24)14-20/h4,6-9,12-14H,5,10-11,15H2,1-3H3,(H,25,30)(H,26,29)/p+1. The minimum Gasteiger partial charge on any atom is -0.340 e.